The number of aryl methyl sites for hydroxylation is 1. The Hall–Kier alpha value is -3.17. The van der Waals surface area contributed by atoms with Crippen LogP contribution in [0.25, 0.3) is 22.2 Å². The Morgan fingerprint density at radius 3 is 2.34 bits per heavy atom. The fourth-order valence-electron chi connectivity index (χ4n) is 5.65. The third kappa shape index (κ3) is 6.10. The molecule has 0 bridgehead atoms. The second kappa shape index (κ2) is 11.3. The summed E-state index contributed by atoms with van der Waals surface area (Å²) in [5, 5.41) is 9.78. The summed E-state index contributed by atoms with van der Waals surface area (Å²) in [6, 6.07) is 14.6. The van der Waals surface area contributed by atoms with Crippen molar-refractivity contribution in [3.05, 3.63) is 54.1 Å². The first-order chi connectivity index (χ1) is 18.3. The summed E-state index contributed by atoms with van der Waals surface area (Å²) in [5.74, 6) is -0.566. The minimum Gasteiger partial charge on any atom is -0.481 e. The van der Waals surface area contributed by atoms with Gasteiger partial charge in [-0.3, -0.25) is 9.59 Å². The van der Waals surface area contributed by atoms with Gasteiger partial charge in [0.15, 0.2) is 0 Å². The number of carboxylic acids is 1. The van der Waals surface area contributed by atoms with Gasteiger partial charge >= 0.3 is 5.97 Å². The summed E-state index contributed by atoms with van der Waals surface area (Å²) in [4.78, 5) is 29.2. The van der Waals surface area contributed by atoms with Gasteiger partial charge in [0.2, 0.25) is 15.9 Å². The lowest BCUT2D eigenvalue weighted by molar-refractivity contribution is -0.138. The zero-order valence-electron chi connectivity index (χ0n) is 21.5. The summed E-state index contributed by atoms with van der Waals surface area (Å²) in [5.41, 5.74) is 3.49. The van der Waals surface area contributed by atoms with E-state index in [0.29, 0.717) is 19.3 Å². The van der Waals surface area contributed by atoms with Gasteiger partial charge in [0.25, 0.3) is 0 Å². The van der Waals surface area contributed by atoms with E-state index in [4.69, 9.17) is 5.11 Å². The number of benzene rings is 2. The van der Waals surface area contributed by atoms with Crippen LogP contribution >= 0.6 is 0 Å². The maximum Gasteiger partial charge on any atom is 0.303 e. The first kappa shape index (κ1) is 26.4. The molecule has 0 unspecified atom stereocenters. The quantitative estimate of drug-likeness (QED) is 0.385. The average molecular weight is 538 g/mol. The second-order valence-corrected chi connectivity index (χ2v) is 12.3. The van der Waals surface area contributed by atoms with Crippen molar-refractivity contribution in [3.8, 4) is 11.3 Å². The van der Waals surface area contributed by atoms with Crippen molar-refractivity contribution >= 4 is 32.8 Å². The molecule has 9 heteroatoms. The number of nitrogens with zero attached hydrogens (tertiary/aromatic N) is 1. The molecule has 5 rings (SSSR count). The van der Waals surface area contributed by atoms with E-state index in [0.717, 1.165) is 66.5 Å². The van der Waals surface area contributed by atoms with Gasteiger partial charge in [0.1, 0.15) is 0 Å². The predicted octanol–water partition coefficient (Wildman–Crippen LogP) is 4.70. The molecule has 3 aromatic rings. The van der Waals surface area contributed by atoms with Gasteiger partial charge < -0.3 is 15.0 Å². The maximum atomic E-state index is 13.2. The topological polar surface area (TPSA) is 120 Å². The van der Waals surface area contributed by atoms with E-state index in [-0.39, 0.29) is 29.2 Å². The Balaban J connectivity index is 1.22. The predicted molar refractivity (Wildman–Crippen MR) is 146 cm³/mol. The number of carboxylic acid groups (broad SMARTS) is 1. The Bertz CT molecular complexity index is 1400. The van der Waals surface area contributed by atoms with Crippen LogP contribution in [0.1, 0.15) is 56.9 Å². The highest BCUT2D eigenvalue weighted by Gasteiger charge is 2.32. The van der Waals surface area contributed by atoms with E-state index in [9.17, 15) is 18.0 Å². The molecule has 1 aliphatic carbocycles. The summed E-state index contributed by atoms with van der Waals surface area (Å²) >= 11 is 0. The molecule has 202 valence electrons. The largest absolute Gasteiger partial charge is 0.481 e. The van der Waals surface area contributed by atoms with Crippen molar-refractivity contribution in [2.75, 3.05) is 13.1 Å². The smallest absolute Gasteiger partial charge is 0.303 e. The van der Waals surface area contributed by atoms with Gasteiger partial charge in [-0.2, -0.15) is 0 Å². The van der Waals surface area contributed by atoms with Crippen LogP contribution in [-0.2, 0) is 26.0 Å². The number of rotatable bonds is 8. The molecule has 1 aromatic heterocycles. The number of H-pyrrole nitrogens is 1. The van der Waals surface area contributed by atoms with Crippen LogP contribution in [0.15, 0.2) is 53.4 Å². The molecular formula is C29H35N3O5S. The maximum absolute atomic E-state index is 13.2. The van der Waals surface area contributed by atoms with Gasteiger partial charge in [-0.15, -0.1) is 0 Å². The molecule has 8 nitrogen and oxygen atoms in total. The second-order valence-electron chi connectivity index (χ2n) is 10.6. The summed E-state index contributed by atoms with van der Waals surface area (Å²) in [6.07, 6.45) is 6.69. The molecule has 2 heterocycles. The van der Waals surface area contributed by atoms with Crippen LogP contribution < -0.4 is 4.72 Å². The highest BCUT2D eigenvalue weighted by atomic mass is 32.2. The van der Waals surface area contributed by atoms with Crippen LogP contribution in [-0.4, -0.2) is 54.4 Å². The Morgan fingerprint density at radius 1 is 0.947 bits per heavy atom. The number of carbonyl (C=O) groups is 2. The summed E-state index contributed by atoms with van der Waals surface area (Å²) < 4.78 is 29.2. The van der Waals surface area contributed by atoms with E-state index in [1.54, 1.807) is 18.2 Å². The van der Waals surface area contributed by atoms with Crippen molar-refractivity contribution in [1.29, 1.82) is 0 Å². The average Bonchev–Trinajstić information content (AvgIpc) is 3.36. The standard InChI is InChI=1S/C29H35N3O5S/c33-28(34)15-6-20-4-7-21(8-5-20)26-18-23-11-14-25(19-27(23)30-26)38(36,37)31-24-12-9-22(10-13-24)29(35)32-16-2-1-3-17-32/h4-5,7-8,11,14,18-19,22,24,30-31H,1-3,6,9-10,12-13,15-17H2,(H,33,34). The number of aromatic nitrogens is 1. The van der Waals surface area contributed by atoms with Crippen LogP contribution in [0.3, 0.4) is 0 Å². The minimum atomic E-state index is -3.70. The molecule has 1 saturated carbocycles. The van der Waals surface area contributed by atoms with Crippen LogP contribution in [0.2, 0.25) is 0 Å². The third-order valence-corrected chi connectivity index (χ3v) is 9.38. The molecular weight excluding hydrogens is 502 g/mol. The molecule has 1 aliphatic heterocycles. The normalized spacial score (nSPS) is 20.5. The van der Waals surface area contributed by atoms with E-state index in [1.165, 1.54) is 6.42 Å². The van der Waals surface area contributed by atoms with Crippen LogP contribution in [0.4, 0.5) is 0 Å². The lowest BCUT2D eigenvalue weighted by Gasteiger charge is -2.34. The summed E-state index contributed by atoms with van der Waals surface area (Å²) in [6.45, 7) is 1.71. The number of hydrogen-bond donors (Lipinski definition) is 3. The molecule has 1 saturated heterocycles. The highest BCUT2D eigenvalue weighted by Crippen LogP contribution is 2.30. The number of sulfonamides is 1. The number of fused-ring (bicyclic) bond motifs is 1. The van der Waals surface area contributed by atoms with Crippen molar-refractivity contribution in [2.24, 2.45) is 5.92 Å². The van der Waals surface area contributed by atoms with Crippen molar-refractivity contribution < 1.29 is 23.1 Å². The van der Waals surface area contributed by atoms with Gasteiger partial charge in [0.05, 0.1) is 4.90 Å². The molecule has 0 atom stereocenters. The van der Waals surface area contributed by atoms with Crippen molar-refractivity contribution in [3.63, 3.8) is 0 Å². The zero-order chi connectivity index (χ0) is 26.7. The highest BCUT2D eigenvalue weighted by molar-refractivity contribution is 7.89. The molecule has 2 fully saturated rings. The van der Waals surface area contributed by atoms with E-state index in [1.807, 2.05) is 35.2 Å². The molecule has 0 spiro atoms. The number of nitrogens with one attached hydrogen (secondary N) is 2. The molecule has 0 radical (unpaired) electrons. The zero-order valence-corrected chi connectivity index (χ0v) is 22.3. The summed E-state index contributed by atoms with van der Waals surface area (Å²) in [7, 11) is -3.70. The Morgan fingerprint density at radius 2 is 1.66 bits per heavy atom. The van der Waals surface area contributed by atoms with E-state index < -0.39 is 16.0 Å². The number of carbonyl (C=O) groups excluding carboxylic acids is 1. The monoisotopic (exact) mass is 537 g/mol. The van der Waals surface area contributed by atoms with E-state index in [2.05, 4.69) is 9.71 Å². The third-order valence-electron chi connectivity index (χ3n) is 7.86. The molecule has 3 N–H and O–H groups in total. The molecule has 2 aromatic carbocycles. The van der Waals surface area contributed by atoms with Gasteiger partial charge in [-0.25, -0.2) is 13.1 Å². The lowest BCUT2D eigenvalue weighted by atomic mass is 9.85. The van der Waals surface area contributed by atoms with Crippen molar-refractivity contribution in [1.82, 2.24) is 14.6 Å². The lowest BCUT2D eigenvalue weighted by Crippen LogP contribution is -2.43. The Kier molecular flexibility index (Phi) is 7.85. The number of aromatic amines is 1. The molecule has 2 aliphatic rings. The number of hydrogen-bond acceptors (Lipinski definition) is 4. The number of likely N-dealkylation sites (tertiary alicyclic amines) is 1. The SMILES string of the molecule is O=C(O)CCc1ccc(-c2cc3ccc(S(=O)(=O)NC4CCC(C(=O)N5CCCCC5)CC4)cc3[nH]2)cc1. The van der Waals surface area contributed by atoms with Gasteiger partial charge in [-0.05, 0) is 80.7 Å². The molecule has 1 amide bonds. The fourth-order valence-corrected chi connectivity index (χ4v) is 6.98. The van der Waals surface area contributed by atoms with Crippen molar-refractivity contribution in [2.45, 2.75) is 68.7 Å². The number of piperidine rings is 1. The number of aliphatic carboxylic acids is 1. The van der Waals surface area contributed by atoms with Crippen LogP contribution in [0, 0.1) is 5.92 Å². The minimum absolute atomic E-state index is 0.00813. The van der Waals surface area contributed by atoms with Crippen LogP contribution in [0.5, 0.6) is 0 Å². The first-order valence-corrected chi connectivity index (χ1v) is 15.0. The van der Waals surface area contributed by atoms with Gasteiger partial charge in [-0.1, -0.05) is 30.3 Å². The van der Waals surface area contributed by atoms with E-state index >= 15 is 0 Å². The fraction of sp³-hybridized carbons (Fsp3) is 0.448. The van der Waals surface area contributed by atoms with Gasteiger partial charge in [0, 0.05) is 48.1 Å². The first-order valence-electron chi connectivity index (χ1n) is 13.5. The molecule has 38 heavy (non-hydrogen) atoms. The number of amides is 1. The Labute approximate surface area is 223 Å².